The van der Waals surface area contributed by atoms with Crippen LogP contribution in [0.4, 0.5) is 0 Å². The second kappa shape index (κ2) is 7.78. The van der Waals surface area contributed by atoms with Crippen LogP contribution in [0, 0.1) is 0 Å². The molecule has 0 aromatic heterocycles. The molecule has 1 saturated heterocycles. The van der Waals surface area contributed by atoms with Crippen LogP contribution in [0.2, 0.25) is 0 Å². The third-order valence-electron chi connectivity index (χ3n) is 3.54. The number of rotatable bonds is 0. The van der Waals surface area contributed by atoms with Crippen LogP contribution in [0.25, 0.3) is 0 Å². The van der Waals surface area contributed by atoms with Crippen molar-refractivity contribution >= 4 is 0 Å². The third-order valence-corrected chi connectivity index (χ3v) is 3.54. The molecule has 2 heterocycles. The molecule has 4 heteroatoms. The van der Waals surface area contributed by atoms with E-state index in [-0.39, 0.29) is 12.2 Å². The second-order valence-corrected chi connectivity index (χ2v) is 5.52. The zero-order valence-electron chi connectivity index (χ0n) is 13.3. The van der Waals surface area contributed by atoms with E-state index >= 15 is 0 Å². The van der Waals surface area contributed by atoms with Gasteiger partial charge in [-0.3, -0.25) is 0 Å². The molecule has 22 heavy (non-hydrogen) atoms. The van der Waals surface area contributed by atoms with Crippen LogP contribution in [0.3, 0.4) is 0 Å². The first-order valence-corrected chi connectivity index (χ1v) is 7.58. The van der Waals surface area contributed by atoms with E-state index < -0.39 is 0 Å². The van der Waals surface area contributed by atoms with Gasteiger partial charge in [0.2, 0.25) is 0 Å². The maximum absolute atomic E-state index is 5.26. The average Bonchev–Trinajstić information content (AvgIpc) is 2.76. The molecule has 1 fully saturated rings. The molecule has 0 bridgehead atoms. The second-order valence-electron chi connectivity index (χ2n) is 5.52. The predicted molar refractivity (Wildman–Crippen MR) is 84.6 cm³/mol. The third kappa shape index (κ3) is 5.02. The van der Waals surface area contributed by atoms with E-state index in [0.717, 1.165) is 12.8 Å². The normalized spacial score (nSPS) is 23.9. The summed E-state index contributed by atoms with van der Waals surface area (Å²) >= 11 is 0. The van der Waals surface area contributed by atoms with Gasteiger partial charge in [0.25, 0.3) is 11.9 Å². The summed E-state index contributed by atoms with van der Waals surface area (Å²) in [5.41, 5.74) is 2.35. The first-order chi connectivity index (χ1) is 10.5. The molecule has 3 rings (SSSR count). The van der Waals surface area contributed by atoms with Crippen molar-refractivity contribution in [1.82, 2.24) is 0 Å². The predicted octanol–water partition coefficient (Wildman–Crippen LogP) is 4.27. The van der Waals surface area contributed by atoms with E-state index in [0.29, 0.717) is 25.1 Å². The fourth-order valence-electron chi connectivity index (χ4n) is 2.26. The Kier molecular flexibility index (Phi) is 5.75. The van der Waals surface area contributed by atoms with Gasteiger partial charge in [-0.15, -0.1) is 0 Å². The molecule has 0 aliphatic carbocycles. The molecule has 120 valence electrons. The first-order valence-electron chi connectivity index (χ1n) is 7.58. The van der Waals surface area contributed by atoms with Crippen molar-refractivity contribution in [3.05, 3.63) is 60.4 Å². The van der Waals surface area contributed by atoms with Crippen LogP contribution in [-0.2, 0) is 32.2 Å². The Morgan fingerprint density at radius 3 is 1.73 bits per heavy atom. The van der Waals surface area contributed by atoms with Gasteiger partial charge in [0.05, 0.1) is 12.2 Å². The van der Waals surface area contributed by atoms with Crippen LogP contribution in [0.5, 0.6) is 0 Å². The number of hydrogen-bond donors (Lipinski definition) is 0. The molecular weight excluding hydrogens is 280 g/mol. The minimum Gasteiger partial charge on any atom is -0.463 e. The Balaban J connectivity index is 0.000000164. The molecule has 2 atom stereocenters. The topological polar surface area (TPSA) is 36.9 Å². The highest BCUT2D eigenvalue weighted by Crippen LogP contribution is 2.19. The molecule has 1 aromatic rings. The lowest BCUT2D eigenvalue weighted by Crippen LogP contribution is -2.03. The molecule has 0 radical (unpaired) electrons. The number of ether oxygens (including phenoxy) is 4. The minimum absolute atomic E-state index is 0.262. The molecule has 0 spiro atoms. The SMILES string of the molecule is C=C1OC(C)CCC(C)O1.C=C1OCc2ccccc2CO1. The van der Waals surface area contributed by atoms with Gasteiger partial charge in [-0.1, -0.05) is 24.3 Å². The summed E-state index contributed by atoms with van der Waals surface area (Å²) in [7, 11) is 0. The highest BCUT2D eigenvalue weighted by Gasteiger charge is 2.15. The Bertz CT molecular complexity index is 481. The van der Waals surface area contributed by atoms with Gasteiger partial charge in [-0.05, 0) is 51.0 Å². The van der Waals surface area contributed by atoms with Crippen molar-refractivity contribution in [3.8, 4) is 0 Å². The fraction of sp³-hybridized carbons (Fsp3) is 0.444. The van der Waals surface area contributed by atoms with Gasteiger partial charge in [-0.25, -0.2) is 0 Å². The highest BCUT2D eigenvalue weighted by atomic mass is 16.7. The van der Waals surface area contributed by atoms with Gasteiger partial charge >= 0.3 is 0 Å². The molecule has 2 unspecified atom stereocenters. The Hall–Kier alpha value is -2.10. The molecule has 4 nitrogen and oxygen atoms in total. The summed E-state index contributed by atoms with van der Waals surface area (Å²) in [5, 5.41) is 0. The largest absolute Gasteiger partial charge is 0.463 e. The lowest BCUT2D eigenvalue weighted by Gasteiger charge is -2.11. The summed E-state index contributed by atoms with van der Waals surface area (Å²) in [5.74, 6) is 0.878. The van der Waals surface area contributed by atoms with Crippen molar-refractivity contribution < 1.29 is 18.9 Å². The molecule has 2 aliphatic heterocycles. The lowest BCUT2D eigenvalue weighted by atomic mass is 10.1. The monoisotopic (exact) mass is 304 g/mol. The number of hydrogen-bond acceptors (Lipinski definition) is 4. The van der Waals surface area contributed by atoms with Crippen LogP contribution in [0.15, 0.2) is 49.3 Å². The van der Waals surface area contributed by atoms with E-state index in [9.17, 15) is 0 Å². The number of fused-ring (bicyclic) bond motifs is 1. The van der Waals surface area contributed by atoms with E-state index in [4.69, 9.17) is 18.9 Å². The smallest absolute Gasteiger partial charge is 0.272 e. The summed E-state index contributed by atoms with van der Waals surface area (Å²) in [6.07, 6.45) is 2.63. The molecular formula is C18H24O4. The first kappa shape index (κ1) is 16.3. The van der Waals surface area contributed by atoms with Gasteiger partial charge in [0, 0.05) is 0 Å². The quantitative estimate of drug-likeness (QED) is 0.717. The van der Waals surface area contributed by atoms with Crippen molar-refractivity contribution in [1.29, 1.82) is 0 Å². The summed E-state index contributed by atoms with van der Waals surface area (Å²) in [6.45, 7) is 12.4. The molecule has 0 saturated carbocycles. The average molecular weight is 304 g/mol. The molecule has 0 N–H and O–H groups in total. The molecule has 0 amide bonds. The van der Waals surface area contributed by atoms with E-state index in [1.165, 1.54) is 11.1 Å². The van der Waals surface area contributed by atoms with Gasteiger partial charge in [0.1, 0.15) is 13.2 Å². The Labute approximate surface area is 132 Å². The van der Waals surface area contributed by atoms with E-state index in [1.54, 1.807) is 0 Å². The van der Waals surface area contributed by atoms with Crippen molar-refractivity contribution in [2.45, 2.75) is 52.1 Å². The van der Waals surface area contributed by atoms with E-state index in [1.807, 2.05) is 38.1 Å². The van der Waals surface area contributed by atoms with Crippen LogP contribution in [0.1, 0.15) is 37.8 Å². The van der Waals surface area contributed by atoms with Crippen LogP contribution in [-0.4, -0.2) is 12.2 Å². The highest BCUT2D eigenvalue weighted by molar-refractivity contribution is 5.26. The van der Waals surface area contributed by atoms with Crippen LogP contribution >= 0.6 is 0 Å². The van der Waals surface area contributed by atoms with Crippen molar-refractivity contribution in [3.63, 3.8) is 0 Å². The molecule has 1 aromatic carbocycles. The lowest BCUT2D eigenvalue weighted by molar-refractivity contribution is 0.00317. The zero-order chi connectivity index (χ0) is 15.9. The minimum atomic E-state index is 0.262. The van der Waals surface area contributed by atoms with Gasteiger partial charge in [0.15, 0.2) is 0 Å². The fourth-order valence-corrected chi connectivity index (χ4v) is 2.26. The maximum atomic E-state index is 5.26. The van der Waals surface area contributed by atoms with Gasteiger partial charge in [-0.2, -0.15) is 0 Å². The Morgan fingerprint density at radius 1 is 0.818 bits per heavy atom. The summed E-state index contributed by atoms with van der Waals surface area (Å²) < 4.78 is 21.0. The van der Waals surface area contributed by atoms with Crippen molar-refractivity contribution in [2.24, 2.45) is 0 Å². The standard InChI is InChI=1S/C10H10O2.C8H14O2/c1-8-11-6-9-4-2-3-5-10(9)7-12-8;1-6-4-5-7(2)10-8(3)9-6/h2-5H,1,6-7H2;6-7H,3-5H2,1-2H3. The number of benzene rings is 1. The Morgan fingerprint density at radius 2 is 1.27 bits per heavy atom. The van der Waals surface area contributed by atoms with Crippen LogP contribution < -0.4 is 0 Å². The summed E-state index contributed by atoms with van der Waals surface area (Å²) in [6, 6.07) is 8.07. The maximum Gasteiger partial charge on any atom is 0.272 e. The summed E-state index contributed by atoms with van der Waals surface area (Å²) in [4.78, 5) is 0. The van der Waals surface area contributed by atoms with Crippen molar-refractivity contribution in [2.75, 3.05) is 0 Å². The zero-order valence-corrected chi connectivity index (χ0v) is 13.3. The van der Waals surface area contributed by atoms with Gasteiger partial charge < -0.3 is 18.9 Å². The van der Waals surface area contributed by atoms with E-state index in [2.05, 4.69) is 13.2 Å². The molecule has 2 aliphatic rings.